The van der Waals surface area contributed by atoms with Crippen LogP contribution in [0.25, 0.3) is 0 Å². The first kappa shape index (κ1) is 13.3. The van der Waals surface area contributed by atoms with Crippen molar-refractivity contribution in [2.24, 2.45) is 0 Å². The maximum atomic E-state index is 11.8. The van der Waals surface area contributed by atoms with Gasteiger partial charge in [0, 0.05) is 45.2 Å². The van der Waals surface area contributed by atoms with Gasteiger partial charge in [0.1, 0.15) is 0 Å². The Bertz CT molecular complexity index is 371. The summed E-state index contributed by atoms with van der Waals surface area (Å²) < 4.78 is 0. The number of carbonyl (C=O) groups excluding carboxylic acids is 1. The third kappa shape index (κ3) is 3.43. The van der Waals surface area contributed by atoms with Crippen molar-refractivity contribution in [3.05, 3.63) is 16.6 Å². The van der Waals surface area contributed by atoms with Crippen LogP contribution in [0.5, 0.6) is 0 Å². The first-order chi connectivity index (χ1) is 8.66. The van der Waals surface area contributed by atoms with Crippen molar-refractivity contribution in [1.82, 2.24) is 20.1 Å². The van der Waals surface area contributed by atoms with Gasteiger partial charge in [-0.15, -0.1) is 11.3 Å². The lowest BCUT2D eigenvalue weighted by Crippen LogP contribution is -2.47. The largest absolute Gasteiger partial charge is 0.331 e. The number of rotatable bonds is 3. The lowest BCUT2D eigenvalue weighted by molar-refractivity contribution is 0.152. The zero-order valence-corrected chi connectivity index (χ0v) is 11.7. The summed E-state index contributed by atoms with van der Waals surface area (Å²) in [6.07, 6.45) is 2.04. The van der Waals surface area contributed by atoms with Crippen LogP contribution in [-0.4, -0.2) is 54.0 Å². The van der Waals surface area contributed by atoms with Crippen molar-refractivity contribution < 1.29 is 4.79 Å². The Morgan fingerprint density at radius 2 is 2.28 bits per heavy atom. The van der Waals surface area contributed by atoms with Crippen LogP contribution in [-0.2, 0) is 6.54 Å². The van der Waals surface area contributed by atoms with E-state index in [0.717, 1.165) is 38.2 Å². The first-order valence-electron chi connectivity index (χ1n) is 6.23. The number of hydrogen-bond donors (Lipinski definition) is 1. The van der Waals surface area contributed by atoms with Crippen LogP contribution in [0.3, 0.4) is 0 Å². The van der Waals surface area contributed by atoms with Crippen molar-refractivity contribution >= 4 is 17.4 Å². The summed E-state index contributed by atoms with van der Waals surface area (Å²) in [5.41, 5.74) is 2.96. The Kier molecular flexibility index (Phi) is 4.54. The predicted octanol–water partition coefficient (Wildman–Crippen LogP) is 1.38. The molecular weight excluding hydrogens is 248 g/mol. The fraction of sp³-hybridized carbons (Fsp3) is 0.667. The Labute approximate surface area is 112 Å². The molecule has 6 heteroatoms. The number of piperidine rings is 1. The molecule has 0 bridgehead atoms. The SMILES string of the molecule is CN(C)C(=O)N1CCC(NCc2cscn2)CC1. The minimum atomic E-state index is 0.118. The summed E-state index contributed by atoms with van der Waals surface area (Å²) in [5.74, 6) is 0. The second-order valence-electron chi connectivity index (χ2n) is 4.80. The Hall–Kier alpha value is -1.14. The number of nitrogens with zero attached hydrogens (tertiary/aromatic N) is 3. The Morgan fingerprint density at radius 3 is 2.83 bits per heavy atom. The van der Waals surface area contributed by atoms with Gasteiger partial charge in [0.25, 0.3) is 0 Å². The van der Waals surface area contributed by atoms with Crippen LogP contribution in [0.1, 0.15) is 18.5 Å². The average Bonchev–Trinajstić information content (AvgIpc) is 2.89. The molecule has 2 heterocycles. The number of likely N-dealkylation sites (tertiary alicyclic amines) is 1. The number of hydrogen-bond acceptors (Lipinski definition) is 4. The minimum absolute atomic E-state index is 0.118. The van der Waals surface area contributed by atoms with E-state index in [1.165, 1.54) is 0 Å². The number of nitrogens with one attached hydrogen (secondary N) is 1. The molecule has 0 saturated carbocycles. The molecular formula is C12H20N4OS. The second kappa shape index (κ2) is 6.15. The van der Waals surface area contributed by atoms with E-state index in [1.807, 2.05) is 10.4 Å². The molecule has 0 spiro atoms. The van der Waals surface area contributed by atoms with Gasteiger partial charge in [-0.05, 0) is 12.8 Å². The highest BCUT2D eigenvalue weighted by atomic mass is 32.1. The molecule has 1 fully saturated rings. The lowest BCUT2D eigenvalue weighted by atomic mass is 10.1. The van der Waals surface area contributed by atoms with Crippen LogP contribution in [0.15, 0.2) is 10.9 Å². The van der Waals surface area contributed by atoms with Crippen molar-refractivity contribution in [1.29, 1.82) is 0 Å². The molecule has 1 aromatic heterocycles. The summed E-state index contributed by atoms with van der Waals surface area (Å²) >= 11 is 1.62. The summed E-state index contributed by atoms with van der Waals surface area (Å²) in [6.45, 7) is 2.51. The summed E-state index contributed by atoms with van der Waals surface area (Å²) in [4.78, 5) is 19.6. The van der Waals surface area contributed by atoms with Gasteiger partial charge in [0.15, 0.2) is 0 Å². The van der Waals surface area contributed by atoms with Gasteiger partial charge in [-0.2, -0.15) is 0 Å². The molecule has 0 aromatic carbocycles. The van der Waals surface area contributed by atoms with E-state index < -0.39 is 0 Å². The van der Waals surface area contributed by atoms with Gasteiger partial charge in [-0.25, -0.2) is 9.78 Å². The normalized spacial score (nSPS) is 16.9. The number of carbonyl (C=O) groups is 1. The zero-order chi connectivity index (χ0) is 13.0. The van der Waals surface area contributed by atoms with E-state index in [1.54, 1.807) is 30.3 Å². The van der Waals surface area contributed by atoms with Crippen molar-refractivity contribution in [3.8, 4) is 0 Å². The highest BCUT2D eigenvalue weighted by Crippen LogP contribution is 2.12. The summed E-state index contributed by atoms with van der Waals surface area (Å²) in [5, 5.41) is 5.57. The topological polar surface area (TPSA) is 48.5 Å². The predicted molar refractivity (Wildman–Crippen MR) is 72.6 cm³/mol. The molecule has 2 rings (SSSR count). The molecule has 5 nitrogen and oxygen atoms in total. The molecule has 1 N–H and O–H groups in total. The molecule has 0 atom stereocenters. The number of thiazole rings is 1. The highest BCUT2D eigenvalue weighted by Gasteiger charge is 2.23. The Morgan fingerprint density at radius 1 is 1.56 bits per heavy atom. The van der Waals surface area contributed by atoms with Crippen LogP contribution in [0, 0.1) is 0 Å². The van der Waals surface area contributed by atoms with Crippen molar-refractivity contribution in [2.75, 3.05) is 27.2 Å². The number of urea groups is 1. The van der Waals surface area contributed by atoms with Crippen LogP contribution < -0.4 is 5.32 Å². The first-order valence-corrected chi connectivity index (χ1v) is 7.18. The molecule has 1 saturated heterocycles. The molecule has 1 aliphatic rings. The van der Waals surface area contributed by atoms with Gasteiger partial charge in [0.05, 0.1) is 11.2 Å². The molecule has 2 amide bonds. The van der Waals surface area contributed by atoms with Gasteiger partial charge in [-0.3, -0.25) is 0 Å². The van der Waals surface area contributed by atoms with E-state index in [4.69, 9.17) is 0 Å². The summed E-state index contributed by atoms with van der Waals surface area (Å²) in [6, 6.07) is 0.617. The van der Waals surface area contributed by atoms with E-state index in [9.17, 15) is 4.79 Å². The van der Waals surface area contributed by atoms with Gasteiger partial charge < -0.3 is 15.1 Å². The fourth-order valence-electron chi connectivity index (χ4n) is 2.13. The monoisotopic (exact) mass is 268 g/mol. The second-order valence-corrected chi connectivity index (χ2v) is 5.52. The number of aromatic nitrogens is 1. The smallest absolute Gasteiger partial charge is 0.319 e. The lowest BCUT2D eigenvalue weighted by Gasteiger charge is -2.33. The van der Waals surface area contributed by atoms with Crippen LogP contribution in [0.4, 0.5) is 4.79 Å². The molecule has 0 unspecified atom stereocenters. The Balaban J connectivity index is 1.72. The molecule has 1 aliphatic heterocycles. The van der Waals surface area contributed by atoms with Crippen molar-refractivity contribution in [3.63, 3.8) is 0 Å². The van der Waals surface area contributed by atoms with Gasteiger partial charge in [0.2, 0.25) is 0 Å². The zero-order valence-electron chi connectivity index (χ0n) is 10.9. The standard InChI is InChI=1S/C12H20N4OS/c1-15(2)12(17)16-5-3-10(4-6-16)13-7-11-8-18-9-14-11/h8-10,13H,3-7H2,1-2H3. The minimum Gasteiger partial charge on any atom is -0.331 e. The fourth-order valence-corrected chi connectivity index (χ4v) is 2.69. The number of amides is 2. The van der Waals surface area contributed by atoms with Gasteiger partial charge >= 0.3 is 6.03 Å². The average molecular weight is 268 g/mol. The summed E-state index contributed by atoms with van der Waals surface area (Å²) in [7, 11) is 3.60. The van der Waals surface area contributed by atoms with Crippen LogP contribution in [0.2, 0.25) is 0 Å². The molecule has 100 valence electrons. The molecule has 18 heavy (non-hydrogen) atoms. The van der Waals surface area contributed by atoms with E-state index >= 15 is 0 Å². The third-order valence-corrected chi connectivity index (χ3v) is 3.84. The maximum absolute atomic E-state index is 11.8. The van der Waals surface area contributed by atoms with E-state index in [-0.39, 0.29) is 6.03 Å². The van der Waals surface area contributed by atoms with Crippen molar-refractivity contribution in [2.45, 2.75) is 25.4 Å². The maximum Gasteiger partial charge on any atom is 0.319 e. The third-order valence-electron chi connectivity index (χ3n) is 3.20. The molecule has 0 radical (unpaired) electrons. The molecule has 0 aliphatic carbocycles. The molecule has 1 aromatic rings. The van der Waals surface area contributed by atoms with E-state index in [2.05, 4.69) is 15.7 Å². The highest BCUT2D eigenvalue weighted by molar-refractivity contribution is 7.07. The van der Waals surface area contributed by atoms with E-state index in [0.29, 0.717) is 6.04 Å². The van der Waals surface area contributed by atoms with Gasteiger partial charge in [-0.1, -0.05) is 0 Å². The quantitative estimate of drug-likeness (QED) is 0.901. The van der Waals surface area contributed by atoms with Crippen LogP contribution >= 0.6 is 11.3 Å².